The molecule has 344 valence electrons. The SMILES string of the molecule is CCCCCCCCCCCCCCCCCCCCCCC(=O)OCC(O)COP(=O)(O)OCC(NC(=O)CCCCCCCCCCCCCCCC)C(=O)O. The van der Waals surface area contributed by atoms with Gasteiger partial charge in [0.2, 0.25) is 5.91 Å². The number of unbranched alkanes of at least 4 members (excludes halogenated alkanes) is 32. The first-order valence-electron chi connectivity index (χ1n) is 24.1. The normalized spacial score (nSPS) is 13.6. The predicted octanol–water partition coefficient (Wildman–Crippen LogP) is 12.7. The first kappa shape index (κ1) is 56.5. The van der Waals surface area contributed by atoms with E-state index < -0.39 is 57.6 Å². The van der Waals surface area contributed by atoms with Gasteiger partial charge in [0.15, 0.2) is 6.04 Å². The summed E-state index contributed by atoms with van der Waals surface area (Å²) < 4.78 is 26.9. The summed E-state index contributed by atoms with van der Waals surface area (Å²) in [5.74, 6) is -2.35. The van der Waals surface area contributed by atoms with Crippen molar-refractivity contribution in [3.05, 3.63) is 0 Å². The second kappa shape index (κ2) is 42.2. The lowest BCUT2D eigenvalue weighted by Gasteiger charge is -2.18. The molecular formula is C46H90NO10P. The molecule has 0 aliphatic carbocycles. The maximum Gasteiger partial charge on any atom is 0.472 e. The van der Waals surface area contributed by atoms with Crippen molar-refractivity contribution in [2.45, 2.75) is 257 Å². The van der Waals surface area contributed by atoms with Gasteiger partial charge in [-0.25, -0.2) is 9.36 Å². The third-order valence-electron chi connectivity index (χ3n) is 10.9. The highest BCUT2D eigenvalue weighted by Crippen LogP contribution is 2.43. The van der Waals surface area contributed by atoms with Gasteiger partial charge in [-0.1, -0.05) is 219 Å². The largest absolute Gasteiger partial charge is 0.480 e. The molecule has 0 heterocycles. The number of aliphatic hydroxyl groups is 1. The van der Waals surface area contributed by atoms with Crippen molar-refractivity contribution in [1.29, 1.82) is 0 Å². The molecule has 0 saturated carbocycles. The maximum atomic E-state index is 12.3. The standard InChI is InChI=1S/C46H90NO10P/c1-3-5-7-9-11-13-15-17-19-20-21-22-23-24-26-28-30-32-34-36-38-45(50)55-39-42(48)40-56-58(53,54)57-41-43(46(51)52)47-44(49)37-35-33-31-29-27-25-18-16-14-12-10-8-6-4-2/h42-43,48H,3-41H2,1-2H3,(H,47,49)(H,51,52)(H,53,54). The third-order valence-corrected chi connectivity index (χ3v) is 11.8. The number of carbonyl (C=O) groups is 3. The van der Waals surface area contributed by atoms with Gasteiger partial charge in [0, 0.05) is 12.8 Å². The number of ether oxygens (including phenoxy) is 1. The van der Waals surface area contributed by atoms with E-state index in [4.69, 9.17) is 13.8 Å². The average Bonchev–Trinajstić information content (AvgIpc) is 3.20. The number of esters is 1. The Bertz CT molecular complexity index is 1000. The van der Waals surface area contributed by atoms with Crippen molar-refractivity contribution in [1.82, 2.24) is 5.32 Å². The average molecular weight is 848 g/mol. The predicted molar refractivity (Wildman–Crippen MR) is 236 cm³/mol. The molecule has 0 radical (unpaired) electrons. The van der Waals surface area contributed by atoms with Crippen LogP contribution in [0.15, 0.2) is 0 Å². The number of hydrogen-bond donors (Lipinski definition) is 4. The summed E-state index contributed by atoms with van der Waals surface area (Å²) in [6, 6.07) is -1.54. The highest BCUT2D eigenvalue weighted by molar-refractivity contribution is 7.47. The number of nitrogens with one attached hydrogen (secondary N) is 1. The molecule has 0 fully saturated rings. The van der Waals surface area contributed by atoms with Crippen LogP contribution in [-0.2, 0) is 32.7 Å². The molecule has 12 heteroatoms. The lowest BCUT2D eigenvalue weighted by molar-refractivity contribution is -0.147. The van der Waals surface area contributed by atoms with Crippen molar-refractivity contribution in [2.24, 2.45) is 0 Å². The van der Waals surface area contributed by atoms with E-state index >= 15 is 0 Å². The minimum atomic E-state index is -4.75. The molecule has 0 aromatic heterocycles. The van der Waals surface area contributed by atoms with E-state index in [1.807, 2.05) is 0 Å². The monoisotopic (exact) mass is 848 g/mol. The fourth-order valence-electron chi connectivity index (χ4n) is 7.14. The van der Waals surface area contributed by atoms with E-state index in [0.29, 0.717) is 12.8 Å². The molecule has 58 heavy (non-hydrogen) atoms. The van der Waals surface area contributed by atoms with Crippen LogP contribution in [0.1, 0.15) is 245 Å². The van der Waals surface area contributed by atoms with Gasteiger partial charge in [0.05, 0.1) is 13.2 Å². The molecule has 0 rings (SSSR count). The summed E-state index contributed by atoms with van der Waals surface area (Å²) in [5, 5.41) is 21.9. The molecule has 3 unspecified atom stereocenters. The minimum absolute atomic E-state index is 0.152. The zero-order chi connectivity index (χ0) is 42.8. The van der Waals surface area contributed by atoms with E-state index in [2.05, 4.69) is 19.2 Å². The first-order chi connectivity index (χ1) is 28.1. The van der Waals surface area contributed by atoms with E-state index in [1.54, 1.807) is 0 Å². The second-order valence-corrected chi connectivity index (χ2v) is 18.1. The van der Waals surface area contributed by atoms with Gasteiger partial charge in [-0.3, -0.25) is 18.6 Å². The highest BCUT2D eigenvalue weighted by Gasteiger charge is 2.28. The number of hydrogen-bond acceptors (Lipinski definition) is 8. The molecule has 0 aromatic rings. The Morgan fingerprint density at radius 3 is 1.14 bits per heavy atom. The van der Waals surface area contributed by atoms with E-state index in [1.165, 1.54) is 167 Å². The van der Waals surface area contributed by atoms with Crippen LogP contribution in [-0.4, -0.2) is 64.9 Å². The molecule has 0 bridgehead atoms. The number of aliphatic hydroxyl groups excluding tert-OH is 1. The molecule has 0 aliphatic heterocycles. The zero-order valence-corrected chi connectivity index (χ0v) is 38.3. The van der Waals surface area contributed by atoms with Crippen LogP contribution in [0.3, 0.4) is 0 Å². The minimum Gasteiger partial charge on any atom is -0.480 e. The van der Waals surface area contributed by atoms with Crippen LogP contribution < -0.4 is 5.32 Å². The smallest absolute Gasteiger partial charge is 0.472 e. The van der Waals surface area contributed by atoms with Crippen LogP contribution >= 0.6 is 7.82 Å². The summed E-state index contributed by atoms with van der Waals surface area (Å²) >= 11 is 0. The molecule has 1 amide bonds. The van der Waals surface area contributed by atoms with Gasteiger partial charge in [-0.2, -0.15) is 0 Å². The van der Waals surface area contributed by atoms with Gasteiger partial charge in [-0.15, -0.1) is 0 Å². The Hall–Kier alpha value is -1.52. The molecule has 0 aliphatic rings. The van der Waals surface area contributed by atoms with Crippen LogP contribution in [0.2, 0.25) is 0 Å². The van der Waals surface area contributed by atoms with Crippen molar-refractivity contribution in [2.75, 3.05) is 19.8 Å². The molecule has 0 aromatic carbocycles. The van der Waals surface area contributed by atoms with E-state index in [9.17, 15) is 34.1 Å². The zero-order valence-electron chi connectivity index (χ0n) is 37.4. The number of amides is 1. The van der Waals surface area contributed by atoms with Crippen LogP contribution in [0.5, 0.6) is 0 Å². The van der Waals surface area contributed by atoms with Crippen molar-refractivity contribution in [3.8, 4) is 0 Å². The summed E-state index contributed by atoms with van der Waals surface area (Å²) in [6.07, 6.45) is 41.3. The Labute approximate surface area is 354 Å². The lowest BCUT2D eigenvalue weighted by Crippen LogP contribution is -2.43. The van der Waals surface area contributed by atoms with Crippen molar-refractivity contribution >= 4 is 25.7 Å². The molecule has 11 nitrogen and oxygen atoms in total. The number of phosphoric acid groups is 1. The Kier molecular flexibility index (Phi) is 41.1. The van der Waals surface area contributed by atoms with Crippen LogP contribution in [0.25, 0.3) is 0 Å². The van der Waals surface area contributed by atoms with Crippen molar-refractivity contribution in [3.63, 3.8) is 0 Å². The quantitative estimate of drug-likeness (QED) is 0.0263. The number of carboxylic acids is 1. The van der Waals surface area contributed by atoms with Gasteiger partial charge in [-0.05, 0) is 12.8 Å². The summed E-state index contributed by atoms with van der Waals surface area (Å²) in [5.41, 5.74) is 0. The molecule has 0 spiro atoms. The summed E-state index contributed by atoms with van der Waals surface area (Å²) in [6.45, 7) is 2.64. The van der Waals surface area contributed by atoms with Crippen molar-refractivity contribution < 1.29 is 47.8 Å². The topological polar surface area (TPSA) is 169 Å². The summed E-state index contributed by atoms with van der Waals surface area (Å²) in [4.78, 5) is 46.0. The Morgan fingerprint density at radius 1 is 0.483 bits per heavy atom. The lowest BCUT2D eigenvalue weighted by atomic mass is 10.0. The third kappa shape index (κ3) is 41.2. The summed E-state index contributed by atoms with van der Waals surface area (Å²) in [7, 11) is -4.75. The van der Waals surface area contributed by atoms with Crippen LogP contribution in [0, 0.1) is 0 Å². The van der Waals surface area contributed by atoms with Gasteiger partial charge < -0.3 is 25.2 Å². The van der Waals surface area contributed by atoms with E-state index in [-0.39, 0.29) is 12.8 Å². The first-order valence-corrected chi connectivity index (χ1v) is 25.6. The van der Waals surface area contributed by atoms with E-state index in [0.717, 1.165) is 38.5 Å². The fraction of sp³-hybridized carbons (Fsp3) is 0.935. The Morgan fingerprint density at radius 2 is 0.793 bits per heavy atom. The second-order valence-electron chi connectivity index (χ2n) is 16.7. The van der Waals surface area contributed by atoms with Gasteiger partial charge in [0.1, 0.15) is 12.7 Å². The van der Waals surface area contributed by atoms with Crippen LogP contribution in [0.4, 0.5) is 0 Å². The molecule has 4 N–H and O–H groups in total. The number of aliphatic carboxylic acids is 1. The van der Waals surface area contributed by atoms with Gasteiger partial charge in [0.25, 0.3) is 0 Å². The fourth-order valence-corrected chi connectivity index (χ4v) is 7.91. The number of carboxylic acid groups (broad SMARTS) is 1. The Balaban J connectivity index is 3.79. The van der Waals surface area contributed by atoms with Gasteiger partial charge >= 0.3 is 19.8 Å². The molecule has 3 atom stereocenters. The maximum absolute atomic E-state index is 12.3. The highest BCUT2D eigenvalue weighted by atomic mass is 31.2. The number of carbonyl (C=O) groups excluding carboxylic acids is 2. The number of rotatable bonds is 46. The molecule has 0 saturated heterocycles. The molecular weight excluding hydrogens is 757 g/mol. The number of phosphoric ester groups is 1.